The smallest absolute Gasteiger partial charge is 0.410 e. The SMILES string of the molecule is CCOC(=O)[C@@H](N)COCCC1CCN(C(=O)OCc2ccccc2)CC1. The Morgan fingerprint density at radius 1 is 1.19 bits per heavy atom. The third-order valence-corrected chi connectivity index (χ3v) is 4.64. The Balaban J connectivity index is 1.57. The molecule has 1 atom stereocenters. The van der Waals surface area contributed by atoms with Crippen LogP contribution in [0.1, 0.15) is 31.7 Å². The number of esters is 1. The number of carbonyl (C=O) groups is 2. The van der Waals surface area contributed by atoms with Gasteiger partial charge in [-0.25, -0.2) is 4.79 Å². The van der Waals surface area contributed by atoms with Crippen LogP contribution in [0.25, 0.3) is 0 Å². The van der Waals surface area contributed by atoms with Crippen LogP contribution in [0.3, 0.4) is 0 Å². The Hall–Kier alpha value is -2.12. The minimum atomic E-state index is -0.730. The van der Waals surface area contributed by atoms with E-state index in [0.29, 0.717) is 38.8 Å². The number of amides is 1. The first-order valence-corrected chi connectivity index (χ1v) is 9.55. The highest BCUT2D eigenvalue weighted by atomic mass is 16.6. The number of ether oxygens (including phenoxy) is 3. The largest absolute Gasteiger partial charge is 0.465 e. The molecule has 1 saturated heterocycles. The summed E-state index contributed by atoms with van der Waals surface area (Å²) in [5.41, 5.74) is 6.67. The van der Waals surface area contributed by atoms with Crippen LogP contribution >= 0.6 is 0 Å². The van der Waals surface area contributed by atoms with E-state index in [1.54, 1.807) is 11.8 Å². The second-order valence-corrected chi connectivity index (χ2v) is 6.69. The first-order chi connectivity index (χ1) is 13.1. The molecule has 1 aromatic rings. The maximum atomic E-state index is 12.2. The molecule has 0 aromatic heterocycles. The van der Waals surface area contributed by atoms with Gasteiger partial charge < -0.3 is 24.8 Å². The zero-order valence-electron chi connectivity index (χ0n) is 16.0. The molecular weight excluding hydrogens is 348 g/mol. The van der Waals surface area contributed by atoms with Crippen LogP contribution < -0.4 is 5.73 Å². The minimum Gasteiger partial charge on any atom is -0.465 e. The van der Waals surface area contributed by atoms with Gasteiger partial charge in [-0.05, 0) is 37.7 Å². The lowest BCUT2D eigenvalue weighted by molar-refractivity contribution is -0.146. The molecule has 0 aliphatic carbocycles. The van der Waals surface area contributed by atoms with Gasteiger partial charge in [-0.2, -0.15) is 0 Å². The van der Waals surface area contributed by atoms with Gasteiger partial charge >= 0.3 is 12.1 Å². The maximum Gasteiger partial charge on any atom is 0.410 e. The van der Waals surface area contributed by atoms with Crippen LogP contribution in [-0.2, 0) is 25.6 Å². The van der Waals surface area contributed by atoms with Crippen molar-refractivity contribution in [2.75, 3.05) is 32.9 Å². The molecule has 1 amide bonds. The molecule has 2 N–H and O–H groups in total. The fraction of sp³-hybridized carbons (Fsp3) is 0.600. The molecule has 1 heterocycles. The molecule has 150 valence electrons. The fourth-order valence-corrected chi connectivity index (χ4v) is 2.99. The Morgan fingerprint density at radius 2 is 1.89 bits per heavy atom. The van der Waals surface area contributed by atoms with Gasteiger partial charge in [0.05, 0.1) is 13.2 Å². The highest BCUT2D eigenvalue weighted by Gasteiger charge is 2.24. The zero-order valence-corrected chi connectivity index (χ0v) is 16.0. The van der Waals surface area contributed by atoms with E-state index < -0.39 is 12.0 Å². The Labute approximate surface area is 160 Å². The van der Waals surface area contributed by atoms with E-state index in [0.717, 1.165) is 24.8 Å². The molecule has 0 spiro atoms. The number of rotatable bonds is 9. The van der Waals surface area contributed by atoms with Gasteiger partial charge in [-0.1, -0.05) is 30.3 Å². The van der Waals surface area contributed by atoms with E-state index in [1.165, 1.54) is 0 Å². The van der Waals surface area contributed by atoms with Gasteiger partial charge in [-0.3, -0.25) is 4.79 Å². The van der Waals surface area contributed by atoms with Crippen LogP contribution in [0.4, 0.5) is 4.79 Å². The lowest BCUT2D eigenvalue weighted by atomic mass is 9.94. The summed E-state index contributed by atoms with van der Waals surface area (Å²) in [7, 11) is 0. The summed E-state index contributed by atoms with van der Waals surface area (Å²) >= 11 is 0. The van der Waals surface area contributed by atoms with Crippen LogP contribution in [0.15, 0.2) is 30.3 Å². The number of nitrogens with two attached hydrogens (primary N) is 1. The number of carbonyl (C=O) groups excluding carboxylic acids is 2. The van der Waals surface area contributed by atoms with Crippen molar-refractivity contribution < 1.29 is 23.8 Å². The molecule has 0 radical (unpaired) electrons. The van der Waals surface area contributed by atoms with Gasteiger partial charge in [0.1, 0.15) is 12.6 Å². The molecule has 7 nitrogen and oxygen atoms in total. The summed E-state index contributed by atoms with van der Waals surface area (Å²) < 4.78 is 15.7. The van der Waals surface area contributed by atoms with Crippen molar-refractivity contribution in [2.24, 2.45) is 11.7 Å². The van der Waals surface area contributed by atoms with E-state index >= 15 is 0 Å². The number of hydrogen-bond acceptors (Lipinski definition) is 6. The van der Waals surface area contributed by atoms with Crippen LogP contribution in [0, 0.1) is 5.92 Å². The molecule has 1 fully saturated rings. The molecule has 0 bridgehead atoms. The van der Waals surface area contributed by atoms with Crippen molar-refractivity contribution in [1.82, 2.24) is 4.90 Å². The Morgan fingerprint density at radius 3 is 2.56 bits per heavy atom. The first-order valence-electron chi connectivity index (χ1n) is 9.55. The van der Waals surface area contributed by atoms with Gasteiger partial charge in [0.15, 0.2) is 0 Å². The monoisotopic (exact) mass is 378 g/mol. The first kappa shape index (κ1) is 21.2. The van der Waals surface area contributed by atoms with Crippen LogP contribution in [0.5, 0.6) is 0 Å². The number of hydrogen-bond donors (Lipinski definition) is 1. The summed E-state index contributed by atoms with van der Waals surface area (Å²) in [4.78, 5) is 25.3. The average molecular weight is 378 g/mol. The molecule has 0 unspecified atom stereocenters. The quantitative estimate of drug-likeness (QED) is 0.524. The van der Waals surface area contributed by atoms with Crippen molar-refractivity contribution in [1.29, 1.82) is 0 Å². The van der Waals surface area contributed by atoms with E-state index in [4.69, 9.17) is 19.9 Å². The zero-order chi connectivity index (χ0) is 19.5. The normalized spacial score (nSPS) is 16.0. The molecule has 1 aromatic carbocycles. The molecule has 0 saturated carbocycles. The lowest BCUT2D eigenvalue weighted by Crippen LogP contribution is -2.39. The van der Waals surface area contributed by atoms with Crippen LogP contribution in [0.2, 0.25) is 0 Å². The van der Waals surface area contributed by atoms with Gasteiger partial charge in [-0.15, -0.1) is 0 Å². The fourth-order valence-electron chi connectivity index (χ4n) is 2.99. The van der Waals surface area contributed by atoms with Gasteiger partial charge in [0.2, 0.25) is 0 Å². The average Bonchev–Trinajstić information content (AvgIpc) is 2.70. The number of likely N-dealkylation sites (tertiary alicyclic amines) is 1. The number of nitrogens with zero attached hydrogens (tertiary/aromatic N) is 1. The van der Waals surface area contributed by atoms with Crippen LogP contribution in [-0.4, -0.2) is 55.9 Å². The summed E-state index contributed by atoms with van der Waals surface area (Å²) in [6.45, 7) is 4.48. The molecule has 1 aliphatic heterocycles. The summed E-state index contributed by atoms with van der Waals surface area (Å²) in [5, 5.41) is 0. The highest BCUT2D eigenvalue weighted by Crippen LogP contribution is 2.21. The highest BCUT2D eigenvalue weighted by molar-refractivity contribution is 5.75. The topological polar surface area (TPSA) is 91.1 Å². The Kier molecular flexibility index (Phi) is 9.07. The lowest BCUT2D eigenvalue weighted by Gasteiger charge is -2.31. The summed E-state index contributed by atoms with van der Waals surface area (Å²) in [6.07, 6.45) is 2.48. The summed E-state index contributed by atoms with van der Waals surface area (Å²) in [5.74, 6) is 0.0711. The molecule has 2 rings (SSSR count). The van der Waals surface area contributed by atoms with Gasteiger partial charge in [0.25, 0.3) is 0 Å². The second kappa shape index (κ2) is 11.6. The van der Waals surface area contributed by atoms with E-state index in [-0.39, 0.29) is 12.7 Å². The molecule has 1 aliphatic rings. The van der Waals surface area contributed by atoms with E-state index in [2.05, 4.69) is 0 Å². The van der Waals surface area contributed by atoms with Crippen molar-refractivity contribution >= 4 is 12.1 Å². The second-order valence-electron chi connectivity index (χ2n) is 6.69. The third-order valence-electron chi connectivity index (χ3n) is 4.64. The predicted octanol–water partition coefficient (Wildman–Crippen LogP) is 2.33. The van der Waals surface area contributed by atoms with Crippen molar-refractivity contribution in [2.45, 2.75) is 38.8 Å². The van der Waals surface area contributed by atoms with E-state index in [9.17, 15) is 9.59 Å². The van der Waals surface area contributed by atoms with Crippen molar-refractivity contribution in [3.05, 3.63) is 35.9 Å². The van der Waals surface area contributed by atoms with Crippen molar-refractivity contribution in [3.8, 4) is 0 Å². The third kappa shape index (κ3) is 7.56. The summed E-state index contributed by atoms with van der Waals surface area (Å²) in [6, 6.07) is 8.93. The molecule has 7 heteroatoms. The molecule has 27 heavy (non-hydrogen) atoms. The minimum absolute atomic E-state index is 0.170. The number of piperidine rings is 1. The van der Waals surface area contributed by atoms with Gasteiger partial charge in [0, 0.05) is 19.7 Å². The maximum absolute atomic E-state index is 12.2. The van der Waals surface area contributed by atoms with Crippen molar-refractivity contribution in [3.63, 3.8) is 0 Å². The standard InChI is InChI=1S/C20H30N2O5/c1-2-26-19(23)18(21)15-25-13-10-16-8-11-22(12-9-16)20(24)27-14-17-6-4-3-5-7-17/h3-7,16,18H,2,8-15,21H2,1H3/t18-/m0/s1. The predicted molar refractivity (Wildman–Crippen MR) is 101 cm³/mol. The number of benzene rings is 1. The molecular formula is C20H30N2O5. The Bertz CT molecular complexity index is 573. The van der Waals surface area contributed by atoms with E-state index in [1.807, 2.05) is 30.3 Å².